The van der Waals surface area contributed by atoms with Gasteiger partial charge in [-0.05, 0) is 74.1 Å². The molecule has 0 atom stereocenters. The summed E-state index contributed by atoms with van der Waals surface area (Å²) in [7, 11) is -3.67. The molecule has 6 rings (SSSR count). The lowest BCUT2D eigenvalue weighted by molar-refractivity contribution is 0.211. The first-order chi connectivity index (χ1) is 21.3. The maximum Gasteiger partial charge on any atom is 0.242 e. The summed E-state index contributed by atoms with van der Waals surface area (Å²) in [6.07, 6.45) is 6.10. The summed E-state index contributed by atoms with van der Waals surface area (Å²) in [6, 6.07) is 20.6. The fraction of sp³-hybridized carbons (Fsp3) is 0.438. The number of nitrogens with zero attached hydrogens (tertiary/aromatic N) is 3. The minimum absolute atomic E-state index is 0.0600. The van der Waals surface area contributed by atoms with Gasteiger partial charge in [-0.3, -0.25) is 4.90 Å². The molecule has 1 saturated heterocycles. The second-order valence-corrected chi connectivity index (χ2v) is 15.9. The molecule has 4 aromatic rings. The SMILES string of the molecule is O=S(=O)(NC[C@H]1CC[C@H](CNc2nc(NC3CCN(Cc4ccccc4)CC3)c3ccccc3n2)CC1)c1cc(Cl)sc1Cl. The molecule has 44 heavy (non-hydrogen) atoms. The number of benzene rings is 2. The van der Waals surface area contributed by atoms with Crippen molar-refractivity contribution in [2.45, 2.75) is 56.0 Å². The fourth-order valence-electron chi connectivity index (χ4n) is 6.23. The monoisotopic (exact) mass is 672 g/mol. The van der Waals surface area contributed by atoms with E-state index >= 15 is 0 Å². The number of hydrogen-bond acceptors (Lipinski definition) is 8. The van der Waals surface area contributed by atoms with Gasteiger partial charge in [0.15, 0.2) is 0 Å². The summed E-state index contributed by atoms with van der Waals surface area (Å²) in [4.78, 5) is 12.3. The number of anilines is 2. The maximum atomic E-state index is 12.7. The van der Waals surface area contributed by atoms with Gasteiger partial charge in [0, 0.05) is 44.2 Å². The van der Waals surface area contributed by atoms with E-state index in [9.17, 15) is 8.42 Å². The third-order valence-corrected chi connectivity index (χ3v) is 11.9. The van der Waals surface area contributed by atoms with Gasteiger partial charge in [0.2, 0.25) is 16.0 Å². The molecule has 0 bridgehead atoms. The molecular weight excluding hydrogens is 635 g/mol. The van der Waals surface area contributed by atoms with E-state index in [0.29, 0.717) is 34.7 Å². The predicted molar refractivity (Wildman–Crippen MR) is 181 cm³/mol. The van der Waals surface area contributed by atoms with Crippen LogP contribution in [0.5, 0.6) is 0 Å². The molecule has 1 saturated carbocycles. The van der Waals surface area contributed by atoms with Gasteiger partial charge in [0.25, 0.3) is 0 Å². The summed E-state index contributed by atoms with van der Waals surface area (Å²) < 4.78 is 28.6. The molecule has 2 fully saturated rings. The summed E-state index contributed by atoms with van der Waals surface area (Å²) in [5, 5.41) is 8.30. The Morgan fingerprint density at radius 2 is 1.55 bits per heavy atom. The van der Waals surface area contributed by atoms with Crippen LogP contribution in [0, 0.1) is 11.8 Å². The molecule has 0 amide bonds. The van der Waals surface area contributed by atoms with E-state index < -0.39 is 10.0 Å². The summed E-state index contributed by atoms with van der Waals surface area (Å²) in [5.74, 6) is 2.31. The van der Waals surface area contributed by atoms with Gasteiger partial charge in [-0.25, -0.2) is 18.1 Å². The van der Waals surface area contributed by atoms with E-state index in [1.807, 2.05) is 18.2 Å². The normalized spacial score (nSPS) is 20.1. The van der Waals surface area contributed by atoms with Gasteiger partial charge >= 0.3 is 0 Å². The van der Waals surface area contributed by atoms with Crippen LogP contribution in [0.3, 0.4) is 0 Å². The van der Waals surface area contributed by atoms with E-state index in [1.54, 1.807) is 0 Å². The van der Waals surface area contributed by atoms with Crippen LogP contribution in [0.1, 0.15) is 44.1 Å². The molecule has 2 aliphatic rings. The number of sulfonamides is 1. The first-order valence-electron chi connectivity index (χ1n) is 15.3. The van der Waals surface area contributed by atoms with Crippen molar-refractivity contribution in [2.75, 3.05) is 36.8 Å². The standard InChI is InChI=1S/C32H38Cl2N6O2S2/c33-29-18-28(30(34)43-29)44(41,42)36-20-23-12-10-22(11-13-23)19-35-32-38-27-9-5-4-8-26(27)31(39-32)37-25-14-16-40(17-15-25)21-24-6-2-1-3-7-24/h1-9,18,22-23,25,36H,10-17,19-21H2,(H2,35,37,38,39)/t22-,23-. The molecule has 234 valence electrons. The van der Waals surface area contributed by atoms with Gasteiger partial charge < -0.3 is 10.6 Å². The number of hydrogen-bond donors (Lipinski definition) is 3. The van der Waals surface area contributed by atoms with E-state index in [1.165, 1.54) is 11.6 Å². The molecule has 0 radical (unpaired) electrons. The molecular formula is C32H38Cl2N6O2S2. The number of rotatable bonds is 11. The first kappa shape index (κ1) is 31.5. The van der Waals surface area contributed by atoms with Crippen LogP contribution in [0.4, 0.5) is 11.8 Å². The molecule has 3 N–H and O–H groups in total. The average Bonchev–Trinajstić information content (AvgIpc) is 3.39. The van der Waals surface area contributed by atoms with Crippen molar-refractivity contribution in [3.05, 3.63) is 74.9 Å². The fourth-order valence-corrected chi connectivity index (χ4v) is 9.49. The Balaban J connectivity index is 0.999. The Hall–Kier alpha value is -2.47. The highest BCUT2D eigenvalue weighted by atomic mass is 35.5. The average molecular weight is 674 g/mol. The Morgan fingerprint density at radius 3 is 2.25 bits per heavy atom. The molecule has 12 heteroatoms. The van der Waals surface area contributed by atoms with Crippen molar-refractivity contribution in [3.8, 4) is 0 Å². The second kappa shape index (κ2) is 14.3. The molecule has 1 aliphatic heterocycles. The zero-order valence-corrected chi connectivity index (χ0v) is 27.7. The summed E-state index contributed by atoms with van der Waals surface area (Å²) in [6.45, 7) is 4.30. The zero-order valence-electron chi connectivity index (χ0n) is 24.5. The lowest BCUT2D eigenvalue weighted by atomic mass is 9.82. The molecule has 2 aromatic carbocycles. The van der Waals surface area contributed by atoms with Gasteiger partial charge in [0.1, 0.15) is 15.0 Å². The molecule has 8 nitrogen and oxygen atoms in total. The first-order valence-corrected chi connectivity index (χ1v) is 18.4. The van der Waals surface area contributed by atoms with Crippen LogP contribution in [-0.2, 0) is 16.6 Å². The van der Waals surface area contributed by atoms with Crippen molar-refractivity contribution in [1.82, 2.24) is 19.6 Å². The highest BCUT2D eigenvalue weighted by molar-refractivity contribution is 7.89. The van der Waals surface area contributed by atoms with E-state index in [2.05, 4.69) is 56.7 Å². The minimum atomic E-state index is -3.67. The van der Waals surface area contributed by atoms with E-state index in [-0.39, 0.29) is 9.23 Å². The van der Waals surface area contributed by atoms with Gasteiger partial charge in [-0.15, -0.1) is 11.3 Å². The molecule has 2 aromatic heterocycles. The molecule has 3 heterocycles. The Kier molecular flexibility index (Phi) is 10.2. The topological polar surface area (TPSA) is 99.2 Å². The highest BCUT2D eigenvalue weighted by Gasteiger charge is 2.26. The van der Waals surface area contributed by atoms with Gasteiger partial charge in [-0.2, -0.15) is 4.98 Å². The number of piperidine rings is 1. The van der Waals surface area contributed by atoms with Crippen molar-refractivity contribution < 1.29 is 8.42 Å². The predicted octanol–water partition coefficient (Wildman–Crippen LogP) is 7.27. The molecule has 0 spiro atoms. The Labute approximate surface area is 273 Å². The largest absolute Gasteiger partial charge is 0.367 e. The Morgan fingerprint density at radius 1 is 0.864 bits per heavy atom. The van der Waals surface area contributed by atoms with Crippen molar-refractivity contribution in [2.24, 2.45) is 11.8 Å². The van der Waals surface area contributed by atoms with Gasteiger partial charge in [-0.1, -0.05) is 65.7 Å². The number of halogens is 2. The number of fused-ring (bicyclic) bond motifs is 1. The number of aromatic nitrogens is 2. The van der Waals surface area contributed by atoms with E-state index in [0.717, 1.165) is 92.8 Å². The van der Waals surface area contributed by atoms with Crippen LogP contribution in [0.2, 0.25) is 8.67 Å². The zero-order chi connectivity index (χ0) is 30.5. The van der Waals surface area contributed by atoms with Crippen LogP contribution in [-0.4, -0.2) is 55.5 Å². The van der Waals surface area contributed by atoms with Crippen molar-refractivity contribution in [1.29, 1.82) is 0 Å². The van der Waals surface area contributed by atoms with E-state index in [4.69, 9.17) is 33.2 Å². The maximum absolute atomic E-state index is 12.7. The number of thiophene rings is 1. The molecule has 1 aliphatic carbocycles. The van der Waals surface area contributed by atoms with Crippen LogP contribution >= 0.6 is 34.5 Å². The second-order valence-electron chi connectivity index (χ2n) is 11.9. The van der Waals surface area contributed by atoms with Crippen LogP contribution in [0.15, 0.2) is 65.6 Å². The number of likely N-dealkylation sites (tertiary alicyclic amines) is 1. The van der Waals surface area contributed by atoms with Crippen LogP contribution < -0.4 is 15.4 Å². The number of para-hydroxylation sites is 1. The third kappa shape index (κ3) is 8.02. The summed E-state index contributed by atoms with van der Waals surface area (Å²) in [5.41, 5.74) is 2.29. The quantitative estimate of drug-likeness (QED) is 0.154. The smallest absolute Gasteiger partial charge is 0.242 e. The summed E-state index contributed by atoms with van der Waals surface area (Å²) >= 11 is 13.1. The van der Waals surface area contributed by atoms with Crippen molar-refractivity contribution in [3.63, 3.8) is 0 Å². The lowest BCUT2D eigenvalue weighted by Crippen LogP contribution is -2.38. The lowest BCUT2D eigenvalue weighted by Gasteiger charge is -2.33. The van der Waals surface area contributed by atoms with Crippen LogP contribution in [0.25, 0.3) is 10.9 Å². The van der Waals surface area contributed by atoms with Gasteiger partial charge in [0.05, 0.1) is 9.85 Å². The Bertz CT molecular complexity index is 1650. The number of nitrogens with one attached hydrogen (secondary N) is 3. The van der Waals surface area contributed by atoms with Crippen molar-refractivity contribution >= 4 is 67.2 Å². The molecule has 0 unspecified atom stereocenters. The minimum Gasteiger partial charge on any atom is -0.367 e. The highest BCUT2D eigenvalue weighted by Crippen LogP contribution is 2.35. The third-order valence-electron chi connectivity index (χ3n) is 8.77.